The van der Waals surface area contributed by atoms with Crippen molar-refractivity contribution in [1.82, 2.24) is 15.5 Å². The average Bonchev–Trinajstić information content (AvgIpc) is 2.62. The van der Waals surface area contributed by atoms with Crippen LogP contribution in [-0.2, 0) is 4.74 Å². The van der Waals surface area contributed by atoms with Crippen molar-refractivity contribution < 1.29 is 44.5 Å². The van der Waals surface area contributed by atoms with Crippen LogP contribution < -0.4 is 51.0 Å². The van der Waals surface area contributed by atoms with Crippen LogP contribution in [-0.4, -0.2) is 61.0 Å². The standard InChI is InChI=1S/C8H17N5O3.Na/c9-8-11-6-5(7(15)12-8)10-3-13(6)4-16-2-1-14;/h5-6,8,10-11,14H,1-4,9H2,(H,12,15);/q;+1/p-1. The molecule has 0 bridgehead atoms. The topological polar surface area (TPSA) is 118 Å². The van der Waals surface area contributed by atoms with Crippen LogP contribution in [0, 0.1) is 0 Å². The van der Waals surface area contributed by atoms with Crippen LogP contribution in [0.15, 0.2) is 4.99 Å². The van der Waals surface area contributed by atoms with E-state index in [1.165, 1.54) is 0 Å². The Morgan fingerprint density at radius 2 is 2.41 bits per heavy atom. The maximum absolute atomic E-state index is 11.5. The molecule has 5 N–H and O–H groups in total. The molecule has 2 rings (SSSR count). The van der Waals surface area contributed by atoms with Crippen molar-refractivity contribution in [3.8, 4) is 0 Å². The van der Waals surface area contributed by atoms with Crippen molar-refractivity contribution in [3.63, 3.8) is 0 Å². The predicted molar refractivity (Wildman–Crippen MR) is 53.9 cm³/mol. The zero-order valence-corrected chi connectivity index (χ0v) is 11.8. The van der Waals surface area contributed by atoms with Gasteiger partial charge >= 0.3 is 29.6 Å². The van der Waals surface area contributed by atoms with Crippen molar-refractivity contribution in [2.75, 3.05) is 26.6 Å². The summed E-state index contributed by atoms with van der Waals surface area (Å²) in [7, 11) is 0. The fourth-order valence-electron chi connectivity index (χ4n) is 1.86. The van der Waals surface area contributed by atoms with Gasteiger partial charge in [0.2, 0.25) is 0 Å². The Morgan fingerprint density at radius 3 is 3.12 bits per heavy atom. The molecule has 0 aromatic carbocycles. The van der Waals surface area contributed by atoms with Gasteiger partial charge in [0, 0.05) is 0 Å². The van der Waals surface area contributed by atoms with E-state index in [1.54, 1.807) is 0 Å². The van der Waals surface area contributed by atoms with E-state index >= 15 is 0 Å². The number of aliphatic hydroxyl groups excluding tert-OH is 1. The van der Waals surface area contributed by atoms with Crippen LogP contribution in [0.2, 0.25) is 0 Å². The first-order valence-electron chi connectivity index (χ1n) is 5.15. The average molecular weight is 253 g/mol. The Labute approximate surface area is 121 Å². The number of hydrogen-bond donors (Lipinski definition) is 4. The SMILES string of the molecule is NC1N=C([O-])C2NCN(COCCO)C2N1.[Na+]. The van der Waals surface area contributed by atoms with Crippen molar-refractivity contribution in [2.24, 2.45) is 10.7 Å². The summed E-state index contributed by atoms with van der Waals surface area (Å²) >= 11 is 0. The molecule has 0 aliphatic carbocycles. The van der Waals surface area contributed by atoms with Gasteiger partial charge in [0.15, 0.2) is 6.29 Å². The van der Waals surface area contributed by atoms with Gasteiger partial charge in [-0.3, -0.25) is 26.3 Å². The van der Waals surface area contributed by atoms with Gasteiger partial charge < -0.3 is 14.9 Å². The number of aliphatic hydroxyl groups is 1. The second-order valence-electron chi connectivity index (χ2n) is 3.71. The van der Waals surface area contributed by atoms with E-state index in [9.17, 15) is 5.11 Å². The molecule has 0 spiro atoms. The molecular weight excluding hydrogens is 237 g/mol. The van der Waals surface area contributed by atoms with Crippen LogP contribution in [0.1, 0.15) is 0 Å². The largest absolute Gasteiger partial charge is 1.00 e. The van der Waals surface area contributed by atoms with E-state index in [0.29, 0.717) is 13.4 Å². The Morgan fingerprint density at radius 1 is 1.65 bits per heavy atom. The molecule has 0 aromatic heterocycles. The summed E-state index contributed by atoms with van der Waals surface area (Å²) in [4.78, 5) is 5.61. The van der Waals surface area contributed by atoms with Gasteiger partial charge in [0.05, 0.1) is 32.1 Å². The van der Waals surface area contributed by atoms with Crippen molar-refractivity contribution in [2.45, 2.75) is 18.5 Å². The molecule has 17 heavy (non-hydrogen) atoms. The third kappa shape index (κ3) is 3.60. The summed E-state index contributed by atoms with van der Waals surface area (Å²) in [6, 6.07) is -0.363. The van der Waals surface area contributed by atoms with Gasteiger partial charge in [0.25, 0.3) is 0 Å². The number of ether oxygens (including phenoxy) is 1. The molecular formula is C8H16N5NaO3. The summed E-state index contributed by atoms with van der Waals surface area (Å²) in [5.74, 6) is -0.235. The molecule has 0 radical (unpaired) electrons. The molecule has 0 saturated carbocycles. The number of aliphatic imine (C=N–C) groups is 1. The normalized spacial score (nSPS) is 32.8. The first-order chi connectivity index (χ1) is 7.72. The van der Waals surface area contributed by atoms with Crippen LogP contribution in [0.25, 0.3) is 0 Å². The van der Waals surface area contributed by atoms with Gasteiger partial charge in [-0.2, -0.15) is 0 Å². The number of rotatable bonds is 4. The van der Waals surface area contributed by atoms with Gasteiger partial charge in [-0.1, -0.05) is 0 Å². The van der Waals surface area contributed by atoms with Crippen LogP contribution >= 0.6 is 0 Å². The molecule has 8 nitrogen and oxygen atoms in total. The van der Waals surface area contributed by atoms with E-state index < -0.39 is 6.29 Å². The number of nitrogens with one attached hydrogen (secondary N) is 2. The van der Waals surface area contributed by atoms with E-state index in [4.69, 9.17) is 15.6 Å². The molecule has 3 unspecified atom stereocenters. The summed E-state index contributed by atoms with van der Waals surface area (Å²) in [6.07, 6.45) is -0.854. The van der Waals surface area contributed by atoms with Crippen LogP contribution in [0.3, 0.4) is 0 Å². The number of hydrogen-bond acceptors (Lipinski definition) is 8. The van der Waals surface area contributed by atoms with E-state index in [-0.39, 0.29) is 60.9 Å². The first-order valence-corrected chi connectivity index (χ1v) is 5.15. The number of nitrogens with two attached hydrogens (primary N) is 1. The summed E-state index contributed by atoms with van der Waals surface area (Å²) in [5, 5.41) is 26.1. The third-order valence-electron chi connectivity index (χ3n) is 2.59. The summed E-state index contributed by atoms with van der Waals surface area (Å²) in [6.45, 7) is 1.12. The molecule has 2 heterocycles. The van der Waals surface area contributed by atoms with Crippen molar-refractivity contribution in [1.29, 1.82) is 0 Å². The quantitative estimate of drug-likeness (QED) is 0.290. The van der Waals surface area contributed by atoms with Gasteiger partial charge in [-0.25, -0.2) is 0 Å². The minimum absolute atomic E-state index is 0. The number of nitrogens with zero attached hydrogens (tertiary/aromatic N) is 2. The fraction of sp³-hybridized carbons (Fsp3) is 0.875. The van der Waals surface area contributed by atoms with Crippen molar-refractivity contribution in [3.05, 3.63) is 0 Å². The fourth-order valence-corrected chi connectivity index (χ4v) is 1.86. The maximum atomic E-state index is 11.5. The Bertz CT molecular complexity index is 280. The Kier molecular flexibility index (Phi) is 6.27. The van der Waals surface area contributed by atoms with Gasteiger partial charge in [-0.05, 0) is 5.90 Å². The Hall–Kier alpha value is 0.230. The summed E-state index contributed by atoms with van der Waals surface area (Å²) < 4.78 is 5.20. The Balaban J connectivity index is 0.00000144. The molecule has 92 valence electrons. The smallest absolute Gasteiger partial charge is 0.861 e. The first kappa shape index (κ1) is 15.3. The zero-order valence-electron chi connectivity index (χ0n) is 9.80. The monoisotopic (exact) mass is 253 g/mol. The van der Waals surface area contributed by atoms with E-state index in [2.05, 4.69) is 15.6 Å². The predicted octanol–water partition coefficient (Wildman–Crippen LogP) is -6.88. The third-order valence-corrected chi connectivity index (χ3v) is 2.59. The van der Waals surface area contributed by atoms with E-state index in [1.807, 2.05) is 4.90 Å². The second-order valence-corrected chi connectivity index (χ2v) is 3.71. The zero-order chi connectivity index (χ0) is 11.5. The molecule has 2 aliphatic rings. The second kappa shape index (κ2) is 6.98. The maximum Gasteiger partial charge on any atom is 1.00 e. The van der Waals surface area contributed by atoms with Gasteiger partial charge in [-0.15, -0.1) is 0 Å². The molecule has 0 amide bonds. The molecule has 1 fully saturated rings. The van der Waals surface area contributed by atoms with Crippen LogP contribution in [0.4, 0.5) is 0 Å². The van der Waals surface area contributed by atoms with Gasteiger partial charge in [0.1, 0.15) is 6.73 Å². The number of fused-ring (bicyclic) bond motifs is 1. The van der Waals surface area contributed by atoms with E-state index in [0.717, 1.165) is 0 Å². The van der Waals surface area contributed by atoms with Crippen LogP contribution in [0.5, 0.6) is 0 Å². The molecule has 9 heteroatoms. The van der Waals surface area contributed by atoms with Crippen molar-refractivity contribution >= 4 is 5.90 Å². The summed E-state index contributed by atoms with van der Waals surface area (Å²) in [5.41, 5.74) is 5.56. The minimum Gasteiger partial charge on any atom is -0.861 e. The molecule has 1 saturated heterocycles. The minimum atomic E-state index is -0.658. The molecule has 2 aliphatic heterocycles. The molecule has 0 aromatic rings. The molecule has 3 atom stereocenters.